The van der Waals surface area contributed by atoms with Crippen LogP contribution in [0.25, 0.3) is 0 Å². The molecule has 2 aromatic rings. The third-order valence-corrected chi connectivity index (χ3v) is 6.63. The zero-order chi connectivity index (χ0) is 20.0. The van der Waals surface area contributed by atoms with E-state index in [1.54, 1.807) is 0 Å². The van der Waals surface area contributed by atoms with Crippen LogP contribution < -0.4 is 5.56 Å². The van der Waals surface area contributed by atoms with Crippen molar-refractivity contribution in [3.05, 3.63) is 57.8 Å². The number of hydrogen-bond acceptors (Lipinski definition) is 4. The van der Waals surface area contributed by atoms with Gasteiger partial charge in [0, 0.05) is 69.7 Å². The number of piperidine rings is 1. The van der Waals surface area contributed by atoms with Crippen LogP contribution in [0, 0.1) is 5.92 Å². The highest BCUT2D eigenvalue weighted by atomic mass is 16.5. The molecule has 1 amide bonds. The highest BCUT2D eigenvalue weighted by Gasteiger charge is 2.37. The van der Waals surface area contributed by atoms with Gasteiger partial charge in [-0.2, -0.15) is 0 Å². The van der Waals surface area contributed by atoms with Gasteiger partial charge in [0.05, 0.1) is 13.2 Å². The Hall–Kier alpha value is -2.38. The van der Waals surface area contributed by atoms with Crippen LogP contribution in [0.1, 0.15) is 34.1 Å². The number of carbonyl (C=O) groups excluding carboxylic acids is 1. The van der Waals surface area contributed by atoms with E-state index in [-0.39, 0.29) is 17.4 Å². The summed E-state index contributed by atoms with van der Waals surface area (Å²) in [5.74, 6) is 0.658. The molecule has 0 aliphatic carbocycles. The number of nitrogens with zero attached hydrogens (tertiary/aromatic N) is 4. The summed E-state index contributed by atoms with van der Waals surface area (Å²) in [5.41, 5.74) is 2.82. The van der Waals surface area contributed by atoms with Gasteiger partial charge in [0.2, 0.25) is 0 Å². The number of ether oxygens (including phenoxy) is 1. The average Bonchev–Trinajstić information content (AvgIpc) is 3.16. The molecule has 3 aliphatic rings. The first-order chi connectivity index (χ1) is 14.1. The van der Waals surface area contributed by atoms with Crippen LogP contribution in [0.4, 0.5) is 0 Å². The smallest absolute Gasteiger partial charge is 0.270 e. The molecule has 7 heteroatoms. The number of hydrogen-bond donors (Lipinski definition) is 0. The van der Waals surface area contributed by atoms with Crippen molar-refractivity contribution in [2.75, 3.05) is 39.4 Å². The molecule has 2 fully saturated rings. The Kier molecular flexibility index (Phi) is 4.80. The molecule has 0 radical (unpaired) electrons. The van der Waals surface area contributed by atoms with Crippen molar-refractivity contribution < 1.29 is 9.53 Å². The molecule has 2 aromatic heterocycles. The van der Waals surface area contributed by atoms with E-state index < -0.39 is 0 Å². The van der Waals surface area contributed by atoms with Crippen molar-refractivity contribution in [3.63, 3.8) is 0 Å². The largest absolute Gasteiger partial charge is 0.379 e. The first-order valence-electron chi connectivity index (χ1n) is 10.5. The summed E-state index contributed by atoms with van der Waals surface area (Å²) < 4.78 is 9.28. The zero-order valence-electron chi connectivity index (χ0n) is 16.9. The van der Waals surface area contributed by atoms with Crippen molar-refractivity contribution in [3.8, 4) is 0 Å². The van der Waals surface area contributed by atoms with Crippen molar-refractivity contribution in [2.45, 2.75) is 25.4 Å². The summed E-state index contributed by atoms with van der Waals surface area (Å²) in [4.78, 5) is 30.4. The Bertz CT molecular complexity index is 973. The summed E-state index contributed by atoms with van der Waals surface area (Å²) in [6, 6.07) is 7.91. The Morgan fingerprint density at radius 3 is 2.72 bits per heavy atom. The maximum Gasteiger partial charge on any atom is 0.270 e. The normalized spacial score (nSPS) is 24.4. The Balaban J connectivity index is 1.38. The van der Waals surface area contributed by atoms with E-state index in [1.807, 2.05) is 45.5 Å². The fraction of sp³-hybridized carbons (Fsp3) is 0.545. The lowest BCUT2D eigenvalue weighted by Crippen LogP contribution is -2.50. The Morgan fingerprint density at radius 1 is 1.14 bits per heavy atom. The highest BCUT2D eigenvalue weighted by molar-refractivity contribution is 5.92. The molecular formula is C22H28N4O3. The summed E-state index contributed by atoms with van der Waals surface area (Å²) in [7, 11) is 1.91. The van der Waals surface area contributed by atoms with Crippen molar-refractivity contribution in [2.24, 2.45) is 13.0 Å². The molecule has 3 aliphatic heterocycles. The number of aryl methyl sites for hydroxylation is 1. The van der Waals surface area contributed by atoms with Gasteiger partial charge in [-0.1, -0.05) is 6.07 Å². The number of rotatable bonds is 3. The number of carbonyl (C=O) groups is 1. The molecule has 29 heavy (non-hydrogen) atoms. The van der Waals surface area contributed by atoms with E-state index in [0.717, 1.165) is 56.2 Å². The highest BCUT2D eigenvalue weighted by Crippen LogP contribution is 2.35. The van der Waals surface area contributed by atoms with Crippen molar-refractivity contribution in [1.29, 1.82) is 0 Å². The molecule has 7 nitrogen and oxygen atoms in total. The fourth-order valence-electron chi connectivity index (χ4n) is 5.12. The molecular weight excluding hydrogens is 368 g/mol. The van der Waals surface area contributed by atoms with Crippen LogP contribution in [0.2, 0.25) is 0 Å². The number of fused-ring (bicyclic) bond motifs is 4. The Labute approximate surface area is 170 Å². The van der Waals surface area contributed by atoms with Crippen LogP contribution in [0.15, 0.2) is 35.3 Å². The third-order valence-electron chi connectivity index (χ3n) is 6.63. The van der Waals surface area contributed by atoms with E-state index in [1.165, 1.54) is 0 Å². The second kappa shape index (κ2) is 7.46. The quantitative estimate of drug-likeness (QED) is 0.784. The predicted molar refractivity (Wildman–Crippen MR) is 109 cm³/mol. The minimum Gasteiger partial charge on any atom is -0.379 e. The number of likely N-dealkylation sites (tertiary alicyclic amines) is 1. The topological polar surface area (TPSA) is 59.7 Å². The minimum atomic E-state index is 0.0898. The van der Waals surface area contributed by atoms with Gasteiger partial charge in [-0.25, -0.2) is 0 Å². The SMILES string of the molecule is Cn1cccc1C(=O)N1C[C@@H]2C[C@H](C1)c1ccc(CN3CCOCC3)c(=O)n1C2. The molecule has 2 saturated heterocycles. The molecule has 0 spiro atoms. The van der Waals surface area contributed by atoms with Gasteiger partial charge in [0.1, 0.15) is 5.69 Å². The third kappa shape index (κ3) is 3.42. The second-order valence-electron chi connectivity index (χ2n) is 8.60. The lowest BCUT2D eigenvalue weighted by atomic mass is 9.83. The van der Waals surface area contributed by atoms with E-state index in [2.05, 4.69) is 11.0 Å². The number of amides is 1. The van der Waals surface area contributed by atoms with E-state index >= 15 is 0 Å². The lowest BCUT2D eigenvalue weighted by molar-refractivity contribution is 0.0338. The fourth-order valence-corrected chi connectivity index (χ4v) is 5.12. The number of pyridine rings is 1. The van der Waals surface area contributed by atoms with Crippen LogP contribution in [0.5, 0.6) is 0 Å². The lowest BCUT2D eigenvalue weighted by Gasteiger charge is -2.43. The molecule has 154 valence electrons. The summed E-state index contributed by atoms with van der Waals surface area (Å²) >= 11 is 0. The molecule has 5 rings (SSSR count). The minimum absolute atomic E-state index is 0.0898. The molecule has 0 unspecified atom stereocenters. The van der Waals surface area contributed by atoms with Gasteiger partial charge < -0.3 is 18.8 Å². The zero-order valence-corrected chi connectivity index (χ0v) is 16.9. The van der Waals surface area contributed by atoms with Gasteiger partial charge in [0.25, 0.3) is 11.5 Å². The molecule has 0 saturated carbocycles. The number of aromatic nitrogens is 2. The van der Waals surface area contributed by atoms with Gasteiger partial charge in [-0.05, 0) is 30.5 Å². The van der Waals surface area contributed by atoms with Gasteiger partial charge in [-0.15, -0.1) is 0 Å². The summed E-state index contributed by atoms with van der Waals surface area (Å²) in [6.07, 6.45) is 2.96. The summed E-state index contributed by atoms with van der Waals surface area (Å²) in [6.45, 7) is 6.03. The second-order valence-corrected chi connectivity index (χ2v) is 8.60. The predicted octanol–water partition coefficient (Wildman–Crippen LogP) is 1.28. The van der Waals surface area contributed by atoms with Crippen LogP contribution >= 0.6 is 0 Å². The first-order valence-corrected chi connectivity index (χ1v) is 10.5. The maximum absolute atomic E-state index is 13.2. The Morgan fingerprint density at radius 2 is 1.97 bits per heavy atom. The van der Waals surface area contributed by atoms with Crippen molar-refractivity contribution in [1.82, 2.24) is 18.9 Å². The maximum atomic E-state index is 13.2. The standard InChI is InChI=1S/C22H28N4O3/c1-23-6-2-3-20(23)22(28)25-12-16-11-18(15-25)19-5-4-17(21(27)26(19)13-16)14-24-7-9-29-10-8-24/h2-6,16,18H,7-15H2,1H3/t16-,18+/m0/s1. The van der Waals surface area contributed by atoms with Crippen LogP contribution in [0.3, 0.4) is 0 Å². The monoisotopic (exact) mass is 396 g/mol. The van der Waals surface area contributed by atoms with E-state index in [9.17, 15) is 9.59 Å². The average molecular weight is 396 g/mol. The molecule has 5 heterocycles. The summed E-state index contributed by atoms with van der Waals surface area (Å²) in [5, 5.41) is 0. The van der Waals surface area contributed by atoms with Gasteiger partial charge >= 0.3 is 0 Å². The molecule has 2 atom stereocenters. The molecule has 0 aromatic carbocycles. The van der Waals surface area contributed by atoms with E-state index in [0.29, 0.717) is 25.6 Å². The molecule has 0 N–H and O–H groups in total. The van der Waals surface area contributed by atoms with E-state index in [4.69, 9.17) is 4.74 Å². The number of morpholine rings is 1. The van der Waals surface area contributed by atoms with Crippen LogP contribution in [-0.4, -0.2) is 64.2 Å². The van der Waals surface area contributed by atoms with Crippen LogP contribution in [-0.2, 0) is 24.9 Å². The van der Waals surface area contributed by atoms with Gasteiger partial charge in [-0.3, -0.25) is 14.5 Å². The first kappa shape index (κ1) is 18.6. The molecule has 2 bridgehead atoms. The van der Waals surface area contributed by atoms with Crippen molar-refractivity contribution >= 4 is 5.91 Å². The van der Waals surface area contributed by atoms with Gasteiger partial charge in [0.15, 0.2) is 0 Å².